The highest BCUT2D eigenvalue weighted by molar-refractivity contribution is 5.15. The van der Waals surface area contributed by atoms with Gasteiger partial charge in [0, 0.05) is 5.56 Å². The van der Waals surface area contributed by atoms with Gasteiger partial charge in [0.05, 0.1) is 18.8 Å². The quantitative estimate of drug-likeness (QED) is 0.608. The number of hydrogen-bond donors (Lipinski definition) is 2. The lowest BCUT2D eigenvalue weighted by molar-refractivity contribution is 0.266. The van der Waals surface area contributed by atoms with Crippen molar-refractivity contribution in [1.82, 2.24) is 5.16 Å². The molecule has 4 nitrogen and oxygen atoms in total. The molecule has 0 bridgehead atoms. The van der Waals surface area contributed by atoms with Crippen molar-refractivity contribution in [2.24, 2.45) is 5.73 Å². The third-order valence-electron chi connectivity index (χ3n) is 1.38. The molecule has 0 saturated heterocycles. The van der Waals surface area contributed by atoms with E-state index in [2.05, 4.69) is 5.16 Å². The minimum atomic E-state index is -0.369. The van der Waals surface area contributed by atoms with Gasteiger partial charge in [-0.2, -0.15) is 0 Å². The highest BCUT2D eigenvalue weighted by atomic mass is 16.5. The largest absolute Gasteiger partial charge is 0.394 e. The number of aliphatic hydroxyl groups excluding tert-OH is 1. The second kappa shape index (κ2) is 2.81. The molecule has 0 aromatic carbocycles. The molecular weight excluding hydrogens is 132 g/mol. The molecule has 0 aliphatic heterocycles. The van der Waals surface area contributed by atoms with Crippen molar-refractivity contribution in [2.45, 2.75) is 13.0 Å². The summed E-state index contributed by atoms with van der Waals surface area (Å²) in [4.78, 5) is 0. The lowest BCUT2D eigenvalue weighted by Crippen LogP contribution is -2.14. The third-order valence-corrected chi connectivity index (χ3v) is 1.38. The van der Waals surface area contributed by atoms with Crippen LogP contribution in [0, 0.1) is 6.92 Å². The van der Waals surface area contributed by atoms with E-state index in [1.165, 1.54) is 6.20 Å². The van der Waals surface area contributed by atoms with E-state index in [4.69, 9.17) is 15.4 Å². The number of aromatic nitrogens is 1. The summed E-state index contributed by atoms with van der Waals surface area (Å²) in [7, 11) is 0. The first-order valence-electron chi connectivity index (χ1n) is 3.03. The molecule has 1 rings (SSSR count). The zero-order chi connectivity index (χ0) is 7.56. The van der Waals surface area contributed by atoms with Crippen LogP contribution in [0.4, 0.5) is 0 Å². The maximum atomic E-state index is 8.64. The maximum Gasteiger partial charge on any atom is 0.138 e. The standard InChI is InChI=1S/C6H10N2O2/c1-4-5(2-8-10-4)6(7)3-9/h2,6,9H,3,7H2,1H3/t6-/m0/s1. The third kappa shape index (κ3) is 1.17. The smallest absolute Gasteiger partial charge is 0.138 e. The average Bonchev–Trinajstić information content (AvgIpc) is 2.34. The molecule has 1 heterocycles. The minimum absolute atomic E-state index is 0.0813. The highest BCUT2D eigenvalue weighted by Gasteiger charge is 2.10. The van der Waals surface area contributed by atoms with Crippen LogP contribution in [0.2, 0.25) is 0 Å². The predicted octanol–water partition coefficient (Wildman–Crippen LogP) is -0.0249. The van der Waals surface area contributed by atoms with E-state index in [9.17, 15) is 0 Å². The first kappa shape index (κ1) is 7.24. The molecule has 0 spiro atoms. The van der Waals surface area contributed by atoms with Crippen LogP contribution in [0.3, 0.4) is 0 Å². The van der Waals surface area contributed by atoms with Gasteiger partial charge in [0.15, 0.2) is 0 Å². The fraction of sp³-hybridized carbons (Fsp3) is 0.500. The zero-order valence-electron chi connectivity index (χ0n) is 5.74. The summed E-state index contributed by atoms with van der Waals surface area (Å²) in [5.74, 6) is 0.668. The molecular formula is C6H10N2O2. The Balaban J connectivity index is 2.82. The topological polar surface area (TPSA) is 72.3 Å². The molecule has 1 aromatic heterocycles. The van der Waals surface area contributed by atoms with Crippen LogP contribution >= 0.6 is 0 Å². The number of hydrogen-bond acceptors (Lipinski definition) is 4. The van der Waals surface area contributed by atoms with E-state index in [-0.39, 0.29) is 12.6 Å². The summed E-state index contributed by atoms with van der Waals surface area (Å²) < 4.78 is 4.75. The van der Waals surface area contributed by atoms with E-state index in [0.29, 0.717) is 5.76 Å². The molecule has 56 valence electrons. The fourth-order valence-electron chi connectivity index (χ4n) is 0.761. The van der Waals surface area contributed by atoms with Crippen LogP contribution in [-0.2, 0) is 0 Å². The van der Waals surface area contributed by atoms with Crippen molar-refractivity contribution in [2.75, 3.05) is 6.61 Å². The van der Waals surface area contributed by atoms with E-state index >= 15 is 0 Å². The van der Waals surface area contributed by atoms with Crippen LogP contribution < -0.4 is 5.73 Å². The predicted molar refractivity (Wildman–Crippen MR) is 35.3 cm³/mol. The summed E-state index contributed by atoms with van der Waals surface area (Å²) in [6.45, 7) is 1.68. The van der Waals surface area contributed by atoms with Crippen LogP contribution in [0.15, 0.2) is 10.7 Å². The summed E-state index contributed by atoms with van der Waals surface area (Å²) in [6, 6.07) is -0.369. The Morgan fingerprint density at radius 3 is 3.00 bits per heavy atom. The van der Waals surface area contributed by atoms with Gasteiger partial charge in [-0.05, 0) is 6.92 Å². The molecule has 0 aliphatic carbocycles. The van der Waals surface area contributed by atoms with Gasteiger partial charge in [0.1, 0.15) is 5.76 Å². The second-order valence-electron chi connectivity index (χ2n) is 2.13. The molecule has 4 heteroatoms. The van der Waals surface area contributed by atoms with E-state index in [1.807, 2.05) is 0 Å². The van der Waals surface area contributed by atoms with Crippen molar-refractivity contribution < 1.29 is 9.63 Å². The summed E-state index contributed by atoms with van der Waals surface area (Å²) in [5.41, 5.74) is 6.26. The van der Waals surface area contributed by atoms with Crippen LogP contribution in [0.1, 0.15) is 17.4 Å². The van der Waals surface area contributed by atoms with Crippen LogP contribution in [0.5, 0.6) is 0 Å². The van der Waals surface area contributed by atoms with Gasteiger partial charge in [-0.3, -0.25) is 0 Å². The molecule has 0 radical (unpaired) electrons. The number of aliphatic hydroxyl groups is 1. The lowest BCUT2D eigenvalue weighted by atomic mass is 10.1. The Hall–Kier alpha value is -0.870. The Labute approximate surface area is 58.6 Å². The van der Waals surface area contributed by atoms with Crippen molar-refractivity contribution in [3.63, 3.8) is 0 Å². The number of nitrogens with two attached hydrogens (primary N) is 1. The monoisotopic (exact) mass is 142 g/mol. The van der Waals surface area contributed by atoms with Gasteiger partial charge in [-0.1, -0.05) is 5.16 Å². The Morgan fingerprint density at radius 1 is 1.90 bits per heavy atom. The van der Waals surface area contributed by atoms with Gasteiger partial charge in [-0.25, -0.2) is 0 Å². The molecule has 1 atom stereocenters. The molecule has 0 fully saturated rings. The van der Waals surface area contributed by atoms with Crippen LogP contribution in [-0.4, -0.2) is 16.9 Å². The van der Waals surface area contributed by atoms with Gasteiger partial charge in [0.25, 0.3) is 0 Å². The number of aryl methyl sites for hydroxylation is 1. The zero-order valence-corrected chi connectivity index (χ0v) is 5.74. The Morgan fingerprint density at radius 2 is 2.60 bits per heavy atom. The molecule has 3 N–H and O–H groups in total. The van der Waals surface area contributed by atoms with E-state index < -0.39 is 0 Å². The highest BCUT2D eigenvalue weighted by Crippen LogP contribution is 2.12. The van der Waals surface area contributed by atoms with Crippen LogP contribution in [0.25, 0.3) is 0 Å². The average molecular weight is 142 g/mol. The molecule has 0 aliphatic rings. The van der Waals surface area contributed by atoms with Crippen molar-refractivity contribution in [1.29, 1.82) is 0 Å². The van der Waals surface area contributed by atoms with Gasteiger partial charge in [0.2, 0.25) is 0 Å². The molecule has 0 unspecified atom stereocenters. The maximum absolute atomic E-state index is 8.64. The lowest BCUT2D eigenvalue weighted by Gasteiger charge is -2.03. The first-order valence-corrected chi connectivity index (χ1v) is 3.03. The van der Waals surface area contributed by atoms with Gasteiger partial charge < -0.3 is 15.4 Å². The van der Waals surface area contributed by atoms with Crippen molar-refractivity contribution >= 4 is 0 Å². The summed E-state index contributed by atoms with van der Waals surface area (Å²) in [5, 5.41) is 12.2. The number of nitrogens with zero attached hydrogens (tertiary/aromatic N) is 1. The second-order valence-corrected chi connectivity index (χ2v) is 2.13. The number of rotatable bonds is 2. The minimum Gasteiger partial charge on any atom is -0.394 e. The normalized spacial score (nSPS) is 13.5. The molecule has 1 aromatic rings. The summed E-state index contributed by atoms with van der Waals surface area (Å²) in [6.07, 6.45) is 1.52. The molecule has 10 heavy (non-hydrogen) atoms. The Bertz CT molecular complexity index is 209. The summed E-state index contributed by atoms with van der Waals surface area (Å²) >= 11 is 0. The van der Waals surface area contributed by atoms with Crippen molar-refractivity contribution in [3.8, 4) is 0 Å². The van der Waals surface area contributed by atoms with Crippen molar-refractivity contribution in [3.05, 3.63) is 17.5 Å². The SMILES string of the molecule is Cc1oncc1[C@@H](N)CO. The van der Waals surface area contributed by atoms with Gasteiger partial charge >= 0.3 is 0 Å². The molecule has 0 saturated carbocycles. The Kier molecular flexibility index (Phi) is 2.03. The van der Waals surface area contributed by atoms with Gasteiger partial charge in [-0.15, -0.1) is 0 Å². The van der Waals surface area contributed by atoms with E-state index in [1.54, 1.807) is 6.92 Å². The fourth-order valence-corrected chi connectivity index (χ4v) is 0.761. The molecule has 0 amide bonds. The van der Waals surface area contributed by atoms with E-state index in [0.717, 1.165) is 5.56 Å². The first-order chi connectivity index (χ1) is 4.75.